The Kier molecular flexibility index (Phi) is 12.2. The van der Waals surface area contributed by atoms with Crippen molar-refractivity contribution in [2.75, 3.05) is 31.6 Å². The third kappa shape index (κ3) is 8.67. The van der Waals surface area contributed by atoms with Gasteiger partial charge in [-0.2, -0.15) is 0 Å². The Labute approximate surface area is 279 Å². The number of hydrogen-bond donors (Lipinski definition) is 1. The topological polar surface area (TPSA) is 105 Å². The molecule has 0 aliphatic heterocycles. The minimum absolute atomic E-state index is 0.0351. The van der Waals surface area contributed by atoms with Crippen molar-refractivity contribution in [1.29, 1.82) is 0 Å². The van der Waals surface area contributed by atoms with Crippen LogP contribution in [0.3, 0.4) is 0 Å². The van der Waals surface area contributed by atoms with Crippen LogP contribution < -0.4 is 19.1 Å². The first kappa shape index (κ1) is 34.5. The number of methoxy groups -OCH3 is 2. The molecule has 0 aromatic heterocycles. The van der Waals surface area contributed by atoms with Crippen LogP contribution in [0.1, 0.15) is 24.5 Å². The molecule has 4 aromatic carbocycles. The van der Waals surface area contributed by atoms with E-state index < -0.39 is 28.5 Å². The van der Waals surface area contributed by atoms with Crippen molar-refractivity contribution in [2.45, 2.75) is 37.2 Å². The molecule has 1 N–H and O–H groups in total. The van der Waals surface area contributed by atoms with E-state index in [0.717, 1.165) is 19.9 Å². The third-order valence-corrected chi connectivity index (χ3v) is 9.61. The van der Waals surface area contributed by atoms with Gasteiger partial charge in [0.25, 0.3) is 10.0 Å². The Morgan fingerprint density at radius 3 is 2.17 bits per heavy atom. The average molecular weight is 709 g/mol. The molecule has 1 atom stereocenters. The number of sulfonamides is 1. The summed E-state index contributed by atoms with van der Waals surface area (Å²) in [6, 6.07) is 28.5. The molecular formula is C35H38BrN3O6S. The summed E-state index contributed by atoms with van der Waals surface area (Å²) in [4.78, 5) is 29.8. The second-order valence-electron chi connectivity index (χ2n) is 10.5. The Bertz CT molecular complexity index is 1720. The maximum absolute atomic E-state index is 14.6. The van der Waals surface area contributed by atoms with Gasteiger partial charge < -0.3 is 19.7 Å². The van der Waals surface area contributed by atoms with Crippen molar-refractivity contribution in [2.24, 2.45) is 0 Å². The monoisotopic (exact) mass is 707 g/mol. The van der Waals surface area contributed by atoms with Crippen molar-refractivity contribution >= 4 is 43.5 Å². The molecule has 0 saturated heterocycles. The first-order chi connectivity index (χ1) is 22.2. The van der Waals surface area contributed by atoms with E-state index in [1.165, 1.54) is 31.3 Å². The predicted molar refractivity (Wildman–Crippen MR) is 182 cm³/mol. The van der Waals surface area contributed by atoms with Crippen LogP contribution in [0.5, 0.6) is 11.5 Å². The minimum atomic E-state index is -4.30. The molecule has 0 fully saturated rings. The van der Waals surface area contributed by atoms with Gasteiger partial charge in [-0.25, -0.2) is 8.42 Å². The minimum Gasteiger partial charge on any atom is -0.497 e. The number of ether oxygens (including phenoxy) is 2. The Hall–Kier alpha value is -4.35. The van der Waals surface area contributed by atoms with Crippen LogP contribution in [0.25, 0.3) is 0 Å². The molecule has 0 spiro atoms. The molecule has 0 heterocycles. The van der Waals surface area contributed by atoms with E-state index in [2.05, 4.69) is 21.2 Å². The Morgan fingerprint density at radius 2 is 1.52 bits per heavy atom. The Balaban J connectivity index is 1.82. The quantitative estimate of drug-likeness (QED) is 0.167. The zero-order valence-corrected chi connectivity index (χ0v) is 28.5. The summed E-state index contributed by atoms with van der Waals surface area (Å²) in [5.74, 6) is -0.125. The van der Waals surface area contributed by atoms with E-state index in [1.54, 1.807) is 36.4 Å². The second kappa shape index (κ2) is 16.3. The molecule has 46 heavy (non-hydrogen) atoms. The van der Waals surface area contributed by atoms with Gasteiger partial charge in [0.05, 0.1) is 24.8 Å². The first-order valence-corrected chi connectivity index (χ1v) is 17.1. The van der Waals surface area contributed by atoms with Gasteiger partial charge in [0.2, 0.25) is 11.8 Å². The van der Waals surface area contributed by atoms with E-state index in [-0.39, 0.29) is 35.2 Å². The maximum Gasteiger partial charge on any atom is 0.264 e. The second-order valence-corrected chi connectivity index (χ2v) is 13.3. The van der Waals surface area contributed by atoms with E-state index >= 15 is 0 Å². The molecule has 4 aromatic rings. The molecule has 242 valence electrons. The molecule has 0 bridgehead atoms. The average Bonchev–Trinajstić information content (AvgIpc) is 3.08. The standard InChI is InChI=1S/C35H38BrN3O6S/c1-4-21-37-35(41)32(23-26-11-6-5-7-12-26)38(24-27-13-10-14-28(36)22-27)34(40)25-39(31-15-8-9-16-33(31)45-3)46(42,43)30-19-17-29(44-2)18-20-30/h5-20,22,32H,4,21,23-25H2,1-3H3,(H,37,41)/t32-/m1/s1. The predicted octanol–water partition coefficient (Wildman–Crippen LogP) is 5.83. The van der Waals surface area contributed by atoms with E-state index in [4.69, 9.17) is 9.47 Å². The number of anilines is 1. The molecule has 0 aliphatic carbocycles. The largest absolute Gasteiger partial charge is 0.497 e. The summed E-state index contributed by atoms with van der Waals surface area (Å²) in [6.45, 7) is 1.86. The summed E-state index contributed by atoms with van der Waals surface area (Å²) in [5, 5.41) is 2.95. The molecule has 9 nitrogen and oxygen atoms in total. The lowest BCUT2D eigenvalue weighted by Gasteiger charge is -2.34. The first-order valence-electron chi connectivity index (χ1n) is 14.8. The fourth-order valence-corrected chi connectivity index (χ4v) is 6.85. The molecule has 0 aliphatic rings. The lowest BCUT2D eigenvalue weighted by molar-refractivity contribution is -0.140. The zero-order valence-electron chi connectivity index (χ0n) is 26.1. The van der Waals surface area contributed by atoms with Crippen LogP contribution in [-0.4, -0.2) is 58.5 Å². The maximum atomic E-state index is 14.6. The van der Waals surface area contributed by atoms with Crippen LogP contribution >= 0.6 is 15.9 Å². The highest BCUT2D eigenvalue weighted by molar-refractivity contribution is 9.10. The van der Waals surface area contributed by atoms with Crippen molar-refractivity contribution in [3.8, 4) is 11.5 Å². The highest BCUT2D eigenvalue weighted by Gasteiger charge is 2.35. The van der Waals surface area contributed by atoms with Crippen molar-refractivity contribution in [3.63, 3.8) is 0 Å². The van der Waals surface area contributed by atoms with Crippen LogP contribution in [0.4, 0.5) is 5.69 Å². The molecule has 0 unspecified atom stereocenters. The van der Waals surface area contributed by atoms with E-state index in [1.807, 2.05) is 61.5 Å². The van der Waals surface area contributed by atoms with Crippen molar-refractivity contribution in [3.05, 3.63) is 119 Å². The molecule has 0 saturated carbocycles. The van der Waals surface area contributed by atoms with Gasteiger partial charge in [0, 0.05) is 24.0 Å². The number of benzene rings is 4. The number of para-hydroxylation sites is 2. The fraction of sp³-hybridized carbons (Fsp3) is 0.257. The number of nitrogens with one attached hydrogen (secondary N) is 1. The summed E-state index contributed by atoms with van der Waals surface area (Å²) >= 11 is 3.50. The summed E-state index contributed by atoms with van der Waals surface area (Å²) < 4.78 is 41.1. The third-order valence-electron chi connectivity index (χ3n) is 7.34. The highest BCUT2D eigenvalue weighted by Crippen LogP contribution is 2.33. The van der Waals surface area contributed by atoms with Gasteiger partial charge in [0.1, 0.15) is 24.1 Å². The highest BCUT2D eigenvalue weighted by atomic mass is 79.9. The van der Waals surface area contributed by atoms with Crippen LogP contribution in [0, 0.1) is 0 Å². The summed E-state index contributed by atoms with van der Waals surface area (Å²) in [7, 11) is -1.37. The van der Waals surface area contributed by atoms with Crippen LogP contribution in [-0.2, 0) is 32.6 Å². The van der Waals surface area contributed by atoms with Crippen LogP contribution in [0.15, 0.2) is 112 Å². The number of nitrogens with zero attached hydrogens (tertiary/aromatic N) is 2. The van der Waals surface area contributed by atoms with Gasteiger partial charge in [-0.3, -0.25) is 13.9 Å². The number of rotatable bonds is 15. The lowest BCUT2D eigenvalue weighted by Crippen LogP contribution is -2.53. The molecule has 4 rings (SSSR count). The van der Waals surface area contributed by atoms with E-state index in [9.17, 15) is 18.0 Å². The summed E-state index contributed by atoms with van der Waals surface area (Å²) in [5.41, 5.74) is 1.82. The fourth-order valence-electron chi connectivity index (χ4n) is 4.98. The van der Waals surface area contributed by atoms with Gasteiger partial charge in [-0.05, 0) is 66.1 Å². The van der Waals surface area contributed by atoms with Gasteiger partial charge >= 0.3 is 0 Å². The van der Waals surface area contributed by atoms with Gasteiger partial charge in [-0.15, -0.1) is 0 Å². The molecular weight excluding hydrogens is 670 g/mol. The SMILES string of the molecule is CCCNC(=O)[C@@H](Cc1ccccc1)N(Cc1cccc(Br)c1)C(=O)CN(c1ccccc1OC)S(=O)(=O)c1ccc(OC)cc1. The Morgan fingerprint density at radius 1 is 0.848 bits per heavy atom. The number of amides is 2. The van der Waals surface area contributed by atoms with Crippen LogP contribution in [0.2, 0.25) is 0 Å². The normalized spacial score (nSPS) is 11.7. The number of halogens is 1. The van der Waals surface area contributed by atoms with Crippen molar-refractivity contribution < 1.29 is 27.5 Å². The van der Waals surface area contributed by atoms with Gasteiger partial charge in [0.15, 0.2) is 0 Å². The molecule has 11 heteroatoms. The molecule has 2 amide bonds. The summed E-state index contributed by atoms with van der Waals surface area (Å²) in [6.07, 6.45) is 0.946. The number of carbonyl (C=O) groups is 2. The molecule has 0 radical (unpaired) electrons. The number of carbonyl (C=O) groups excluding carboxylic acids is 2. The van der Waals surface area contributed by atoms with E-state index in [0.29, 0.717) is 18.7 Å². The smallest absolute Gasteiger partial charge is 0.264 e. The lowest BCUT2D eigenvalue weighted by atomic mass is 10.0. The van der Waals surface area contributed by atoms with Gasteiger partial charge in [-0.1, -0.05) is 77.5 Å². The zero-order chi connectivity index (χ0) is 33.1. The number of hydrogen-bond acceptors (Lipinski definition) is 6. The van der Waals surface area contributed by atoms with Crippen molar-refractivity contribution in [1.82, 2.24) is 10.2 Å².